The van der Waals surface area contributed by atoms with Gasteiger partial charge in [0.15, 0.2) is 11.5 Å². The van der Waals surface area contributed by atoms with Crippen LogP contribution in [0, 0.1) is 6.92 Å². The third-order valence-corrected chi connectivity index (χ3v) is 4.40. The average molecular weight is 305 g/mol. The van der Waals surface area contributed by atoms with Crippen molar-refractivity contribution in [3.8, 4) is 11.5 Å². The van der Waals surface area contributed by atoms with Gasteiger partial charge in [-0.25, -0.2) is 0 Å². The number of fused-ring (bicyclic) bond motifs is 1. The van der Waals surface area contributed by atoms with Crippen molar-refractivity contribution in [3.63, 3.8) is 0 Å². The molecule has 0 bridgehead atoms. The number of ether oxygens (including phenoxy) is 2. The van der Waals surface area contributed by atoms with Gasteiger partial charge in [-0.05, 0) is 31.5 Å². The van der Waals surface area contributed by atoms with Gasteiger partial charge in [-0.15, -0.1) is 0 Å². The van der Waals surface area contributed by atoms with E-state index in [9.17, 15) is 0 Å². The molecule has 21 heavy (non-hydrogen) atoms. The minimum atomic E-state index is 0.593. The summed E-state index contributed by atoms with van der Waals surface area (Å²) < 4.78 is 13.1. The van der Waals surface area contributed by atoms with E-state index in [2.05, 4.69) is 12.0 Å². The molecule has 5 nitrogen and oxygen atoms in total. The lowest BCUT2D eigenvalue weighted by Gasteiger charge is -2.18. The molecular formula is C15H19N3O2S. The number of hydrogen-bond donors (Lipinski definition) is 1. The van der Waals surface area contributed by atoms with E-state index in [-0.39, 0.29) is 0 Å². The number of aromatic nitrogens is 2. The van der Waals surface area contributed by atoms with Crippen LogP contribution in [0.5, 0.6) is 11.5 Å². The van der Waals surface area contributed by atoms with E-state index in [1.165, 1.54) is 0 Å². The van der Waals surface area contributed by atoms with Crippen molar-refractivity contribution in [2.24, 2.45) is 0 Å². The molecule has 2 heterocycles. The number of benzene rings is 1. The highest BCUT2D eigenvalue weighted by Gasteiger charge is 2.16. The van der Waals surface area contributed by atoms with Crippen LogP contribution in [0.15, 0.2) is 28.1 Å². The SMILES string of the molecule is CCCn1nc(C)c(N)c1Sc1ccc2c(c1)OCCO2. The number of aryl methyl sites for hydroxylation is 2. The molecule has 0 radical (unpaired) electrons. The zero-order valence-corrected chi connectivity index (χ0v) is 13.1. The van der Waals surface area contributed by atoms with Gasteiger partial charge in [0.1, 0.15) is 18.2 Å². The third kappa shape index (κ3) is 2.81. The monoisotopic (exact) mass is 305 g/mol. The Kier molecular flexibility index (Phi) is 3.96. The Hall–Kier alpha value is -1.82. The maximum Gasteiger partial charge on any atom is 0.162 e. The molecule has 2 aromatic rings. The predicted molar refractivity (Wildman–Crippen MR) is 83.2 cm³/mol. The lowest BCUT2D eigenvalue weighted by atomic mass is 10.3. The van der Waals surface area contributed by atoms with Gasteiger partial charge in [-0.2, -0.15) is 5.10 Å². The molecule has 0 saturated heterocycles. The summed E-state index contributed by atoms with van der Waals surface area (Å²) >= 11 is 1.61. The van der Waals surface area contributed by atoms with E-state index in [4.69, 9.17) is 15.2 Å². The Bertz CT molecular complexity index is 655. The molecule has 2 N–H and O–H groups in total. The summed E-state index contributed by atoms with van der Waals surface area (Å²) in [5.41, 5.74) is 7.79. The van der Waals surface area contributed by atoms with Gasteiger partial charge in [0, 0.05) is 11.4 Å². The maximum absolute atomic E-state index is 6.16. The second-order valence-corrected chi connectivity index (χ2v) is 6.00. The standard InChI is InChI=1S/C15H19N3O2S/c1-3-6-18-15(14(16)10(2)17-18)21-11-4-5-12-13(9-11)20-8-7-19-12/h4-5,9H,3,6-8,16H2,1-2H3. The van der Waals surface area contributed by atoms with Crippen molar-refractivity contribution in [2.75, 3.05) is 18.9 Å². The van der Waals surface area contributed by atoms with Crippen LogP contribution >= 0.6 is 11.8 Å². The summed E-state index contributed by atoms with van der Waals surface area (Å²) in [6.07, 6.45) is 1.02. The van der Waals surface area contributed by atoms with Crippen LogP contribution < -0.4 is 15.2 Å². The summed E-state index contributed by atoms with van der Waals surface area (Å²) in [4.78, 5) is 1.07. The van der Waals surface area contributed by atoms with E-state index in [1.54, 1.807) is 11.8 Å². The summed E-state index contributed by atoms with van der Waals surface area (Å²) in [6, 6.07) is 5.97. The molecule has 1 aromatic heterocycles. The highest BCUT2D eigenvalue weighted by Crippen LogP contribution is 2.39. The molecule has 1 aliphatic rings. The van der Waals surface area contributed by atoms with Gasteiger partial charge >= 0.3 is 0 Å². The van der Waals surface area contributed by atoms with Crippen molar-refractivity contribution in [2.45, 2.75) is 36.7 Å². The van der Waals surface area contributed by atoms with Gasteiger partial charge in [0.25, 0.3) is 0 Å². The van der Waals surface area contributed by atoms with Gasteiger partial charge in [-0.3, -0.25) is 4.68 Å². The molecule has 0 unspecified atom stereocenters. The van der Waals surface area contributed by atoms with Crippen LogP contribution in [0.2, 0.25) is 0 Å². The summed E-state index contributed by atoms with van der Waals surface area (Å²) in [7, 11) is 0. The highest BCUT2D eigenvalue weighted by atomic mass is 32.2. The summed E-state index contributed by atoms with van der Waals surface area (Å²) in [5, 5.41) is 5.49. The van der Waals surface area contributed by atoms with Gasteiger partial charge in [-0.1, -0.05) is 18.7 Å². The van der Waals surface area contributed by atoms with Crippen molar-refractivity contribution < 1.29 is 9.47 Å². The molecule has 112 valence electrons. The number of rotatable bonds is 4. The van der Waals surface area contributed by atoms with E-state index < -0.39 is 0 Å². The first kappa shape index (κ1) is 14.1. The second kappa shape index (κ2) is 5.89. The minimum absolute atomic E-state index is 0.593. The largest absolute Gasteiger partial charge is 0.486 e. The minimum Gasteiger partial charge on any atom is -0.486 e. The zero-order chi connectivity index (χ0) is 14.8. The van der Waals surface area contributed by atoms with Crippen molar-refractivity contribution in [3.05, 3.63) is 23.9 Å². The van der Waals surface area contributed by atoms with E-state index in [0.29, 0.717) is 13.2 Å². The van der Waals surface area contributed by atoms with E-state index >= 15 is 0 Å². The Labute approximate surface area is 128 Å². The third-order valence-electron chi connectivity index (χ3n) is 3.29. The van der Waals surface area contributed by atoms with Crippen LogP contribution in [0.1, 0.15) is 19.0 Å². The predicted octanol–water partition coefficient (Wildman–Crippen LogP) is 3.11. The zero-order valence-electron chi connectivity index (χ0n) is 12.3. The normalized spacial score (nSPS) is 13.4. The van der Waals surface area contributed by atoms with Gasteiger partial charge in [0.2, 0.25) is 0 Å². The Morgan fingerprint density at radius 1 is 1.29 bits per heavy atom. The molecule has 1 aliphatic heterocycles. The van der Waals surface area contributed by atoms with Crippen LogP contribution in [-0.4, -0.2) is 23.0 Å². The van der Waals surface area contributed by atoms with Crippen LogP contribution in [0.25, 0.3) is 0 Å². The number of nitrogens with two attached hydrogens (primary N) is 1. The Morgan fingerprint density at radius 2 is 2.05 bits per heavy atom. The maximum atomic E-state index is 6.16. The number of nitrogen functional groups attached to an aromatic ring is 1. The molecule has 0 aliphatic carbocycles. The number of hydrogen-bond acceptors (Lipinski definition) is 5. The molecule has 0 fully saturated rings. The lowest BCUT2D eigenvalue weighted by molar-refractivity contribution is 0.171. The first-order chi connectivity index (χ1) is 10.2. The second-order valence-electron chi connectivity index (χ2n) is 4.93. The number of nitrogens with zero attached hydrogens (tertiary/aromatic N) is 2. The van der Waals surface area contributed by atoms with Gasteiger partial charge in [0.05, 0.1) is 11.4 Å². The summed E-state index contributed by atoms with van der Waals surface area (Å²) in [5.74, 6) is 1.60. The molecule has 3 rings (SSSR count). The van der Waals surface area contributed by atoms with Crippen molar-refractivity contribution in [1.82, 2.24) is 9.78 Å². The molecule has 0 amide bonds. The fraction of sp³-hybridized carbons (Fsp3) is 0.400. The van der Waals surface area contributed by atoms with Crippen molar-refractivity contribution >= 4 is 17.4 Å². The average Bonchev–Trinajstić information content (AvgIpc) is 2.75. The summed E-state index contributed by atoms with van der Waals surface area (Å²) in [6.45, 7) is 6.14. The number of anilines is 1. The van der Waals surface area contributed by atoms with Crippen LogP contribution in [-0.2, 0) is 6.54 Å². The molecule has 0 atom stereocenters. The van der Waals surface area contributed by atoms with Gasteiger partial charge < -0.3 is 15.2 Å². The molecule has 6 heteroatoms. The first-order valence-electron chi connectivity index (χ1n) is 7.09. The smallest absolute Gasteiger partial charge is 0.162 e. The molecule has 1 aromatic carbocycles. The first-order valence-corrected chi connectivity index (χ1v) is 7.91. The molecule has 0 saturated carbocycles. The van der Waals surface area contributed by atoms with E-state index in [0.717, 1.165) is 45.8 Å². The molecule has 0 spiro atoms. The Balaban J connectivity index is 1.89. The fourth-order valence-corrected chi connectivity index (χ4v) is 3.26. The fourth-order valence-electron chi connectivity index (χ4n) is 2.24. The van der Waals surface area contributed by atoms with Crippen LogP contribution in [0.3, 0.4) is 0 Å². The van der Waals surface area contributed by atoms with Crippen LogP contribution in [0.4, 0.5) is 5.69 Å². The quantitative estimate of drug-likeness (QED) is 0.940. The topological polar surface area (TPSA) is 62.3 Å². The highest BCUT2D eigenvalue weighted by molar-refractivity contribution is 7.99. The lowest BCUT2D eigenvalue weighted by Crippen LogP contribution is -2.15. The molecular weight excluding hydrogens is 286 g/mol. The van der Waals surface area contributed by atoms with E-state index in [1.807, 2.05) is 29.8 Å². The Morgan fingerprint density at radius 3 is 2.81 bits per heavy atom. The van der Waals surface area contributed by atoms with Crippen molar-refractivity contribution in [1.29, 1.82) is 0 Å².